The van der Waals surface area contributed by atoms with Crippen molar-refractivity contribution in [3.8, 4) is 0 Å². The highest BCUT2D eigenvalue weighted by molar-refractivity contribution is 5.77. The van der Waals surface area contributed by atoms with Gasteiger partial charge in [0.2, 0.25) is 5.91 Å². The van der Waals surface area contributed by atoms with Crippen LogP contribution in [0.4, 0.5) is 0 Å². The largest absolute Gasteiger partial charge is 0.368 e. The highest BCUT2D eigenvalue weighted by Crippen LogP contribution is 2.24. The summed E-state index contributed by atoms with van der Waals surface area (Å²) in [6.07, 6.45) is 8.77. The van der Waals surface area contributed by atoms with Gasteiger partial charge in [0.05, 0.1) is 12.1 Å². The Bertz CT molecular complexity index is 494. The average molecular weight is 330 g/mol. The molecule has 0 bridgehead atoms. The Balaban J connectivity index is 1.48. The van der Waals surface area contributed by atoms with Gasteiger partial charge in [0, 0.05) is 6.54 Å². The van der Waals surface area contributed by atoms with Crippen molar-refractivity contribution < 1.29 is 9.53 Å². The molecule has 1 saturated carbocycles. The number of likely N-dealkylation sites (tertiary alicyclic amines) is 1. The first-order valence-electron chi connectivity index (χ1n) is 9.50. The molecule has 2 fully saturated rings. The van der Waals surface area contributed by atoms with E-state index in [0.717, 1.165) is 25.9 Å². The number of hydrogen-bond donors (Lipinski definition) is 1. The van der Waals surface area contributed by atoms with Gasteiger partial charge in [-0.05, 0) is 44.3 Å². The molecule has 4 nitrogen and oxygen atoms in total. The Labute approximate surface area is 145 Å². The van der Waals surface area contributed by atoms with E-state index in [2.05, 4.69) is 34.5 Å². The van der Waals surface area contributed by atoms with Crippen LogP contribution in [0.15, 0.2) is 30.3 Å². The Morgan fingerprint density at radius 2 is 1.79 bits per heavy atom. The van der Waals surface area contributed by atoms with E-state index >= 15 is 0 Å². The smallest absolute Gasteiger partial charge is 0.246 e. The zero-order valence-electron chi connectivity index (χ0n) is 14.6. The predicted molar refractivity (Wildman–Crippen MR) is 95.8 cm³/mol. The topological polar surface area (TPSA) is 41.6 Å². The SMILES string of the molecule is O=C(COC1CCCCC1)NCC(c1ccccc1)N1CCCC1. The molecule has 1 heterocycles. The molecule has 1 aromatic rings. The molecule has 1 unspecified atom stereocenters. The molecular formula is C20H30N2O2. The number of nitrogens with one attached hydrogen (secondary N) is 1. The zero-order valence-corrected chi connectivity index (χ0v) is 14.6. The first-order chi connectivity index (χ1) is 11.8. The third-order valence-corrected chi connectivity index (χ3v) is 5.26. The number of carbonyl (C=O) groups is 1. The van der Waals surface area contributed by atoms with E-state index in [9.17, 15) is 4.79 Å². The molecule has 4 heteroatoms. The standard InChI is InChI=1S/C20H30N2O2/c23-20(16-24-18-11-5-2-6-12-18)21-15-19(22-13-7-8-14-22)17-9-3-1-4-10-17/h1,3-4,9-10,18-19H,2,5-8,11-16H2,(H,21,23). The highest BCUT2D eigenvalue weighted by atomic mass is 16.5. The lowest BCUT2D eigenvalue weighted by Crippen LogP contribution is -2.38. The number of amides is 1. The number of benzene rings is 1. The summed E-state index contributed by atoms with van der Waals surface area (Å²) >= 11 is 0. The van der Waals surface area contributed by atoms with Crippen LogP contribution in [0.5, 0.6) is 0 Å². The van der Waals surface area contributed by atoms with Crippen LogP contribution in [0.3, 0.4) is 0 Å². The molecule has 24 heavy (non-hydrogen) atoms. The molecule has 0 radical (unpaired) electrons. The van der Waals surface area contributed by atoms with Gasteiger partial charge in [-0.15, -0.1) is 0 Å². The molecule has 132 valence electrons. The van der Waals surface area contributed by atoms with Gasteiger partial charge < -0.3 is 10.1 Å². The molecule has 0 spiro atoms. The van der Waals surface area contributed by atoms with Gasteiger partial charge in [-0.1, -0.05) is 49.6 Å². The molecule has 1 atom stereocenters. The van der Waals surface area contributed by atoms with Crippen LogP contribution in [0, 0.1) is 0 Å². The van der Waals surface area contributed by atoms with Crippen LogP contribution < -0.4 is 5.32 Å². The maximum absolute atomic E-state index is 12.2. The summed E-state index contributed by atoms with van der Waals surface area (Å²) < 4.78 is 5.78. The molecule has 3 rings (SSSR count). The lowest BCUT2D eigenvalue weighted by molar-refractivity contribution is -0.128. The normalized spacial score (nSPS) is 20.8. The molecule has 1 aliphatic heterocycles. The van der Waals surface area contributed by atoms with Crippen molar-refractivity contribution in [3.63, 3.8) is 0 Å². The van der Waals surface area contributed by atoms with Crippen LogP contribution in [0.2, 0.25) is 0 Å². The average Bonchev–Trinajstić information content (AvgIpc) is 3.16. The summed E-state index contributed by atoms with van der Waals surface area (Å²) in [5.74, 6) is 0.0145. The molecule has 1 amide bonds. The quantitative estimate of drug-likeness (QED) is 0.834. The maximum Gasteiger partial charge on any atom is 0.246 e. The lowest BCUT2D eigenvalue weighted by atomic mass is 9.98. The summed E-state index contributed by atoms with van der Waals surface area (Å²) in [5, 5.41) is 3.09. The molecule has 1 N–H and O–H groups in total. The second-order valence-corrected chi connectivity index (χ2v) is 7.04. The van der Waals surface area contributed by atoms with E-state index in [0.29, 0.717) is 6.54 Å². The minimum absolute atomic E-state index is 0.0145. The number of nitrogens with zero attached hydrogens (tertiary/aromatic N) is 1. The van der Waals surface area contributed by atoms with Gasteiger partial charge in [-0.25, -0.2) is 0 Å². The Hall–Kier alpha value is -1.39. The fraction of sp³-hybridized carbons (Fsp3) is 0.650. The summed E-state index contributed by atoms with van der Waals surface area (Å²) in [6, 6.07) is 10.8. The van der Waals surface area contributed by atoms with Gasteiger partial charge in [0.15, 0.2) is 0 Å². The summed E-state index contributed by atoms with van der Waals surface area (Å²) in [6.45, 7) is 3.10. The van der Waals surface area contributed by atoms with Gasteiger partial charge in [-0.2, -0.15) is 0 Å². The number of rotatable bonds is 7. The summed E-state index contributed by atoms with van der Waals surface area (Å²) in [7, 11) is 0. The minimum Gasteiger partial charge on any atom is -0.368 e. The number of ether oxygens (including phenoxy) is 1. The van der Waals surface area contributed by atoms with Crippen molar-refractivity contribution in [2.45, 2.75) is 57.1 Å². The van der Waals surface area contributed by atoms with Crippen LogP contribution in [0.1, 0.15) is 56.6 Å². The highest BCUT2D eigenvalue weighted by Gasteiger charge is 2.24. The Kier molecular flexibility index (Phi) is 6.67. The van der Waals surface area contributed by atoms with E-state index in [1.807, 2.05) is 6.07 Å². The van der Waals surface area contributed by atoms with E-state index in [4.69, 9.17) is 4.74 Å². The molecule has 1 aromatic carbocycles. The van der Waals surface area contributed by atoms with Gasteiger partial charge in [0.1, 0.15) is 6.61 Å². The monoisotopic (exact) mass is 330 g/mol. The lowest BCUT2D eigenvalue weighted by Gasteiger charge is -2.28. The second-order valence-electron chi connectivity index (χ2n) is 7.04. The zero-order chi connectivity index (χ0) is 16.6. The van der Waals surface area contributed by atoms with Crippen molar-refractivity contribution in [1.82, 2.24) is 10.2 Å². The fourth-order valence-corrected chi connectivity index (χ4v) is 3.87. The van der Waals surface area contributed by atoms with Crippen molar-refractivity contribution in [2.24, 2.45) is 0 Å². The van der Waals surface area contributed by atoms with Gasteiger partial charge in [-0.3, -0.25) is 9.69 Å². The van der Waals surface area contributed by atoms with E-state index in [1.165, 1.54) is 37.7 Å². The molecule has 1 saturated heterocycles. The number of carbonyl (C=O) groups excluding carboxylic acids is 1. The van der Waals surface area contributed by atoms with Gasteiger partial charge >= 0.3 is 0 Å². The molecular weight excluding hydrogens is 300 g/mol. The first-order valence-corrected chi connectivity index (χ1v) is 9.50. The first kappa shape index (κ1) is 17.4. The third kappa shape index (κ3) is 5.05. The second kappa shape index (κ2) is 9.19. The van der Waals surface area contributed by atoms with E-state index in [-0.39, 0.29) is 24.7 Å². The predicted octanol–water partition coefficient (Wildman–Crippen LogP) is 3.29. The van der Waals surface area contributed by atoms with Crippen molar-refractivity contribution in [1.29, 1.82) is 0 Å². The fourth-order valence-electron chi connectivity index (χ4n) is 3.87. The summed E-state index contributed by atoms with van der Waals surface area (Å²) in [4.78, 5) is 14.7. The Morgan fingerprint density at radius 3 is 2.50 bits per heavy atom. The molecule has 1 aliphatic carbocycles. The number of hydrogen-bond acceptors (Lipinski definition) is 3. The molecule has 0 aromatic heterocycles. The van der Waals surface area contributed by atoms with Crippen LogP contribution in [0.25, 0.3) is 0 Å². The Morgan fingerprint density at radius 1 is 1.08 bits per heavy atom. The van der Waals surface area contributed by atoms with Crippen molar-refractivity contribution >= 4 is 5.91 Å². The van der Waals surface area contributed by atoms with Crippen LogP contribution in [-0.2, 0) is 9.53 Å². The molecule has 2 aliphatic rings. The van der Waals surface area contributed by atoms with E-state index < -0.39 is 0 Å². The summed E-state index contributed by atoms with van der Waals surface area (Å²) in [5.41, 5.74) is 1.29. The van der Waals surface area contributed by atoms with Crippen molar-refractivity contribution in [3.05, 3.63) is 35.9 Å². The third-order valence-electron chi connectivity index (χ3n) is 5.26. The maximum atomic E-state index is 12.2. The van der Waals surface area contributed by atoms with Crippen LogP contribution >= 0.6 is 0 Å². The van der Waals surface area contributed by atoms with E-state index in [1.54, 1.807) is 0 Å². The van der Waals surface area contributed by atoms with Crippen molar-refractivity contribution in [2.75, 3.05) is 26.2 Å². The minimum atomic E-state index is 0.0145. The van der Waals surface area contributed by atoms with Gasteiger partial charge in [0.25, 0.3) is 0 Å². The van der Waals surface area contributed by atoms with Crippen LogP contribution in [-0.4, -0.2) is 43.2 Å².